The number of aromatic nitrogens is 2. The molecule has 1 aromatic heterocycles. The van der Waals surface area contributed by atoms with Crippen molar-refractivity contribution in [3.63, 3.8) is 0 Å². The number of rotatable bonds is 7. The maximum absolute atomic E-state index is 12.2. The van der Waals surface area contributed by atoms with Gasteiger partial charge < -0.3 is 14.8 Å². The first-order chi connectivity index (χ1) is 13.6. The molecule has 10 heteroatoms. The summed E-state index contributed by atoms with van der Waals surface area (Å²) >= 11 is 5.84. The third-order valence-electron chi connectivity index (χ3n) is 4.03. The molecule has 0 radical (unpaired) electrons. The van der Waals surface area contributed by atoms with E-state index < -0.39 is 24.6 Å². The molecule has 1 amide bonds. The van der Waals surface area contributed by atoms with Crippen LogP contribution in [0.5, 0.6) is 5.75 Å². The minimum absolute atomic E-state index is 0.0992. The fourth-order valence-electron chi connectivity index (χ4n) is 2.46. The van der Waals surface area contributed by atoms with E-state index in [0.29, 0.717) is 0 Å². The zero-order chi connectivity index (χ0) is 21.7. The summed E-state index contributed by atoms with van der Waals surface area (Å²) in [5.74, 6) is -1.53. The quantitative estimate of drug-likeness (QED) is 0.535. The summed E-state index contributed by atoms with van der Waals surface area (Å²) in [6, 6.07) is 3.78. The number of amides is 1. The molecule has 29 heavy (non-hydrogen) atoms. The number of anilines is 1. The zero-order valence-electron chi connectivity index (χ0n) is 16.2. The van der Waals surface area contributed by atoms with Crippen molar-refractivity contribution in [2.24, 2.45) is 7.05 Å². The van der Waals surface area contributed by atoms with Gasteiger partial charge in [-0.05, 0) is 45.0 Å². The van der Waals surface area contributed by atoms with Gasteiger partial charge in [-0.25, -0.2) is 4.79 Å². The van der Waals surface area contributed by atoms with Gasteiger partial charge in [-0.15, -0.1) is 0 Å². The molecule has 1 unspecified atom stereocenters. The Morgan fingerprint density at radius 2 is 2.00 bits per heavy atom. The van der Waals surface area contributed by atoms with Crippen LogP contribution in [0.2, 0.25) is 5.02 Å². The topological polar surface area (TPSA) is 82.5 Å². The van der Waals surface area contributed by atoms with Gasteiger partial charge in [0.15, 0.2) is 6.10 Å². The van der Waals surface area contributed by atoms with E-state index in [1.807, 2.05) is 13.8 Å². The van der Waals surface area contributed by atoms with E-state index in [1.54, 1.807) is 17.8 Å². The number of halogens is 3. The molecule has 0 bridgehead atoms. The number of hydrogen-bond donors (Lipinski definition) is 1. The van der Waals surface area contributed by atoms with Gasteiger partial charge in [0.05, 0.1) is 10.7 Å². The van der Waals surface area contributed by atoms with Crippen LogP contribution in [0.4, 0.5) is 14.5 Å². The SMILES string of the molecule is Cc1nn(C)c(C)c1C=CC(=O)OC(C)C(=O)Nc1ccc(OC(F)F)c(Cl)c1. The lowest BCUT2D eigenvalue weighted by Gasteiger charge is -2.13. The second kappa shape index (κ2) is 9.51. The van der Waals surface area contributed by atoms with Crippen molar-refractivity contribution >= 4 is 35.2 Å². The lowest BCUT2D eigenvalue weighted by molar-refractivity contribution is -0.148. The van der Waals surface area contributed by atoms with E-state index in [-0.39, 0.29) is 16.5 Å². The molecule has 1 atom stereocenters. The summed E-state index contributed by atoms with van der Waals surface area (Å²) in [5, 5.41) is 6.62. The van der Waals surface area contributed by atoms with Gasteiger partial charge in [-0.2, -0.15) is 13.9 Å². The lowest BCUT2D eigenvalue weighted by Crippen LogP contribution is -2.29. The molecule has 0 spiro atoms. The van der Waals surface area contributed by atoms with Crippen molar-refractivity contribution in [3.05, 3.63) is 46.2 Å². The van der Waals surface area contributed by atoms with E-state index >= 15 is 0 Å². The maximum Gasteiger partial charge on any atom is 0.387 e. The highest BCUT2D eigenvalue weighted by atomic mass is 35.5. The van der Waals surface area contributed by atoms with E-state index in [2.05, 4.69) is 15.2 Å². The number of esters is 1. The first kappa shape index (κ1) is 22.4. The fourth-order valence-corrected chi connectivity index (χ4v) is 2.69. The number of nitrogens with one attached hydrogen (secondary N) is 1. The number of aryl methyl sites for hydroxylation is 2. The normalized spacial score (nSPS) is 12.3. The van der Waals surface area contributed by atoms with Crippen LogP contribution in [0.25, 0.3) is 6.08 Å². The van der Waals surface area contributed by atoms with E-state index in [0.717, 1.165) is 17.0 Å². The van der Waals surface area contributed by atoms with E-state index in [9.17, 15) is 18.4 Å². The van der Waals surface area contributed by atoms with Crippen molar-refractivity contribution in [1.82, 2.24) is 9.78 Å². The molecule has 1 aromatic carbocycles. The second-order valence-corrected chi connectivity index (χ2v) is 6.54. The van der Waals surface area contributed by atoms with Crippen LogP contribution in [0.15, 0.2) is 24.3 Å². The van der Waals surface area contributed by atoms with Gasteiger partial charge in [-0.1, -0.05) is 11.6 Å². The average molecular weight is 428 g/mol. The molecule has 2 rings (SSSR count). The Hall–Kier alpha value is -2.94. The molecule has 0 aliphatic carbocycles. The van der Waals surface area contributed by atoms with Crippen molar-refractivity contribution in [1.29, 1.82) is 0 Å². The highest BCUT2D eigenvalue weighted by molar-refractivity contribution is 6.32. The number of hydrogen-bond acceptors (Lipinski definition) is 5. The Bertz CT molecular complexity index is 944. The number of carbonyl (C=O) groups is 2. The predicted octanol–water partition coefficient (Wildman–Crippen LogP) is 3.88. The molecule has 7 nitrogen and oxygen atoms in total. The molecular weight excluding hydrogens is 408 g/mol. The van der Waals surface area contributed by atoms with Crippen LogP contribution in [0.1, 0.15) is 23.9 Å². The van der Waals surface area contributed by atoms with Crippen molar-refractivity contribution in [2.45, 2.75) is 33.5 Å². The molecule has 156 valence electrons. The van der Waals surface area contributed by atoms with Gasteiger partial charge >= 0.3 is 12.6 Å². The van der Waals surface area contributed by atoms with Gasteiger partial charge in [-0.3, -0.25) is 9.48 Å². The average Bonchev–Trinajstić information content (AvgIpc) is 2.87. The molecule has 1 heterocycles. The first-order valence-corrected chi connectivity index (χ1v) is 8.90. The Morgan fingerprint density at radius 1 is 1.31 bits per heavy atom. The van der Waals surface area contributed by atoms with Crippen LogP contribution in [-0.2, 0) is 21.4 Å². The maximum atomic E-state index is 12.2. The molecule has 0 aliphatic heterocycles. The summed E-state index contributed by atoms with van der Waals surface area (Å²) in [6.45, 7) is 2.07. The lowest BCUT2D eigenvalue weighted by atomic mass is 10.2. The minimum atomic E-state index is -3.01. The smallest absolute Gasteiger partial charge is 0.387 e. The molecule has 0 aliphatic rings. The summed E-state index contributed by atoms with van der Waals surface area (Å²) in [5.41, 5.74) is 2.67. The second-order valence-electron chi connectivity index (χ2n) is 6.13. The van der Waals surface area contributed by atoms with Crippen molar-refractivity contribution < 1.29 is 27.8 Å². The minimum Gasteiger partial charge on any atom is -0.449 e. The molecular formula is C19H20ClF2N3O4. The highest BCUT2D eigenvalue weighted by Crippen LogP contribution is 2.29. The van der Waals surface area contributed by atoms with Gasteiger partial charge in [0.25, 0.3) is 5.91 Å². The summed E-state index contributed by atoms with van der Waals surface area (Å²) in [6.07, 6.45) is 1.69. The number of carbonyl (C=O) groups excluding carboxylic acids is 2. The van der Waals surface area contributed by atoms with Crippen molar-refractivity contribution in [3.8, 4) is 5.75 Å². The van der Waals surface area contributed by atoms with Crippen LogP contribution in [0.3, 0.4) is 0 Å². The number of alkyl halides is 2. The molecule has 0 saturated heterocycles. The van der Waals surface area contributed by atoms with Gasteiger partial charge in [0.1, 0.15) is 5.75 Å². The molecule has 0 fully saturated rings. The standard InChI is InChI=1S/C19H20ClF2N3O4/c1-10-14(11(2)25(4)24-10)6-8-17(26)28-12(3)18(27)23-13-5-7-16(15(20)9-13)29-19(21)22/h5-9,12,19H,1-4H3,(H,23,27). The Labute approximate surface area is 171 Å². The third-order valence-corrected chi connectivity index (χ3v) is 4.32. The van der Waals surface area contributed by atoms with Crippen LogP contribution >= 0.6 is 11.6 Å². The molecule has 0 saturated carbocycles. The summed E-state index contributed by atoms with van der Waals surface area (Å²) in [4.78, 5) is 24.2. The van der Waals surface area contributed by atoms with Crippen LogP contribution in [0, 0.1) is 13.8 Å². The number of nitrogens with zero attached hydrogens (tertiary/aromatic N) is 2. The summed E-state index contributed by atoms with van der Waals surface area (Å²) in [7, 11) is 1.79. The van der Waals surface area contributed by atoms with E-state index in [4.69, 9.17) is 16.3 Å². The largest absolute Gasteiger partial charge is 0.449 e. The molecule has 2 aromatic rings. The van der Waals surface area contributed by atoms with Crippen LogP contribution in [-0.4, -0.2) is 34.4 Å². The molecule has 1 N–H and O–H groups in total. The predicted molar refractivity (Wildman–Crippen MR) is 104 cm³/mol. The third kappa shape index (κ3) is 6.02. The highest BCUT2D eigenvalue weighted by Gasteiger charge is 2.18. The Kier molecular flexibility index (Phi) is 7.33. The monoisotopic (exact) mass is 427 g/mol. The number of benzene rings is 1. The van der Waals surface area contributed by atoms with Crippen LogP contribution < -0.4 is 10.1 Å². The first-order valence-electron chi connectivity index (χ1n) is 8.52. The Balaban J connectivity index is 1.95. The van der Waals surface area contributed by atoms with Gasteiger partial charge in [0, 0.05) is 30.1 Å². The van der Waals surface area contributed by atoms with Gasteiger partial charge in [0.2, 0.25) is 0 Å². The fraction of sp³-hybridized carbons (Fsp3) is 0.316. The van der Waals surface area contributed by atoms with Crippen molar-refractivity contribution in [2.75, 3.05) is 5.32 Å². The van der Waals surface area contributed by atoms with E-state index in [1.165, 1.54) is 31.2 Å². The Morgan fingerprint density at radius 3 is 2.55 bits per heavy atom. The zero-order valence-corrected chi connectivity index (χ0v) is 17.0. The number of ether oxygens (including phenoxy) is 2. The summed E-state index contributed by atoms with van der Waals surface area (Å²) < 4.78 is 35.5.